The maximum Gasteiger partial charge on any atom is 0.193 e. The fourth-order valence-corrected chi connectivity index (χ4v) is 1.92. The van der Waals surface area contributed by atoms with Crippen LogP contribution in [0.2, 0.25) is 0 Å². The lowest BCUT2D eigenvalue weighted by molar-refractivity contribution is 0.0748. The molecule has 0 aromatic heterocycles. The van der Waals surface area contributed by atoms with Gasteiger partial charge in [0.15, 0.2) is 5.96 Å². The first-order chi connectivity index (χ1) is 11.8. The van der Waals surface area contributed by atoms with E-state index < -0.39 is 0 Å². The number of guanidine groups is 1. The van der Waals surface area contributed by atoms with Crippen molar-refractivity contribution in [3.8, 4) is 11.5 Å². The number of nitrogens with two attached hydrogens (primary N) is 1. The van der Waals surface area contributed by atoms with E-state index in [0.29, 0.717) is 32.3 Å². The highest BCUT2D eigenvalue weighted by molar-refractivity contribution is 14.0. The summed E-state index contributed by atoms with van der Waals surface area (Å²) in [6, 6.07) is 17.1. The number of rotatable bonds is 9. The molecule has 0 spiro atoms. The third-order valence-corrected chi connectivity index (χ3v) is 3.03. The van der Waals surface area contributed by atoms with E-state index in [1.54, 1.807) is 7.11 Å². The van der Waals surface area contributed by atoms with Crippen molar-refractivity contribution in [2.24, 2.45) is 10.7 Å². The lowest BCUT2D eigenvalue weighted by Gasteiger charge is -2.09. The quantitative estimate of drug-likeness (QED) is 0.261. The first-order valence-corrected chi connectivity index (χ1v) is 7.74. The summed E-state index contributed by atoms with van der Waals surface area (Å²) in [5.41, 5.74) is 6.68. The van der Waals surface area contributed by atoms with E-state index in [9.17, 15) is 0 Å². The highest BCUT2D eigenvalue weighted by atomic mass is 127. The van der Waals surface area contributed by atoms with Crippen molar-refractivity contribution in [1.29, 1.82) is 0 Å². The Kier molecular flexibility index (Phi) is 10.6. The van der Waals surface area contributed by atoms with Crippen molar-refractivity contribution >= 4 is 35.6 Å². The number of hydrogen-bond donors (Lipinski definition) is 2. The SMILES string of the molecule is COCCOCCN=C(N)Nc1cccc(Oc2ccccc2)c1.I. The van der Waals surface area contributed by atoms with Crippen LogP contribution >= 0.6 is 24.0 Å². The number of halogens is 1. The number of nitrogens with one attached hydrogen (secondary N) is 1. The maximum atomic E-state index is 5.87. The largest absolute Gasteiger partial charge is 0.457 e. The molecule has 0 aliphatic carbocycles. The van der Waals surface area contributed by atoms with Crippen LogP contribution in [-0.4, -0.2) is 39.4 Å². The molecule has 2 aromatic carbocycles. The summed E-state index contributed by atoms with van der Waals surface area (Å²) in [4.78, 5) is 4.21. The smallest absolute Gasteiger partial charge is 0.193 e. The predicted molar refractivity (Wildman–Crippen MR) is 111 cm³/mol. The molecule has 2 rings (SSSR count). The third kappa shape index (κ3) is 8.71. The topological polar surface area (TPSA) is 78.1 Å². The van der Waals surface area contributed by atoms with Gasteiger partial charge in [0, 0.05) is 18.9 Å². The molecule has 136 valence electrons. The number of benzene rings is 2. The first-order valence-electron chi connectivity index (χ1n) is 7.74. The fourth-order valence-electron chi connectivity index (χ4n) is 1.92. The van der Waals surface area contributed by atoms with E-state index in [4.69, 9.17) is 19.9 Å². The molecule has 0 saturated carbocycles. The number of ether oxygens (including phenoxy) is 3. The molecule has 25 heavy (non-hydrogen) atoms. The molecule has 0 unspecified atom stereocenters. The highest BCUT2D eigenvalue weighted by Gasteiger charge is 2.00. The molecule has 0 radical (unpaired) electrons. The van der Waals surface area contributed by atoms with Gasteiger partial charge >= 0.3 is 0 Å². The number of hydrogen-bond acceptors (Lipinski definition) is 4. The lowest BCUT2D eigenvalue weighted by atomic mass is 10.3. The van der Waals surface area contributed by atoms with E-state index in [2.05, 4.69) is 10.3 Å². The lowest BCUT2D eigenvalue weighted by Crippen LogP contribution is -2.23. The van der Waals surface area contributed by atoms with E-state index in [-0.39, 0.29) is 24.0 Å². The van der Waals surface area contributed by atoms with Gasteiger partial charge in [-0.2, -0.15) is 0 Å². The van der Waals surface area contributed by atoms with Gasteiger partial charge in [0.2, 0.25) is 0 Å². The standard InChI is InChI=1S/C18H23N3O3.HI/c1-22-12-13-23-11-10-20-18(19)21-15-6-5-9-17(14-15)24-16-7-3-2-4-8-16;/h2-9,14H,10-13H2,1H3,(H3,19,20,21);1H. The van der Waals surface area contributed by atoms with E-state index in [1.165, 1.54) is 0 Å². The molecule has 2 aromatic rings. The summed E-state index contributed by atoms with van der Waals surface area (Å²) in [6.45, 7) is 2.12. The predicted octanol–water partition coefficient (Wildman–Crippen LogP) is 3.49. The first kappa shape index (κ1) is 21.2. The molecular weight excluding hydrogens is 433 g/mol. The van der Waals surface area contributed by atoms with Gasteiger partial charge in [0.05, 0.1) is 26.4 Å². The third-order valence-electron chi connectivity index (χ3n) is 3.03. The minimum absolute atomic E-state index is 0. The van der Waals surface area contributed by atoms with Crippen molar-refractivity contribution < 1.29 is 14.2 Å². The second-order valence-corrected chi connectivity index (χ2v) is 4.94. The maximum absolute atomic E-state index is 5.87. The Morgan fingerprint density at radius 3 is 2.52 bits per heavy atom. The molecule has 0 saturated heterocycles. The van der Waals surface area contributed by atoms with Crippen LogP contribution in [0.1, 0.15) is 0 Å². The van der Waals surface area contributed by atoms with Crippen LogP contribution in [0.3, 0.4) is 0 Å². The van der Waals surface area contributed by atoms with E-state index in [0.717, 1.165) is 17.2 Å². The zero-order valence-corrected chi connectivity index (χ0v) is 16.5. The van der Waals surface area contributed by atoms with Crippen molar-refractivity contribution in [2.75, 3.05) is 38.8 Å². The van der Waals surface area contributed by atoms with Crippen LogP contribution in [0.5, 0.6) is 11.5 Å². The molecule has 0 aliphatic rings. The van der Waals surface area contributed by atoms with Crippen molar-refractivity contribution in [1.82, 2.24) is 0 Å². The molecule has 0 fully saturated rings. The number of para-hydroxylation sites is 1. The summed E-state index contributed by atoms with van der Waals surface area (Å²) < 4.78 is 16.0. The molecule has 3 N–H and O–H groups in total. The van der Waals surface area contributed by atoms with Gasteiger partial charge in [-0.25, -0.2) is 0 Å². The van der Waals surface area contributed by atoms with Crippen LogP contribution in [-0.2, 0) is 9.47 Å². The summed E-state index contributed by atoms with van der Waals surface area (Å²) in [5.74, 6) is 1.84. The van der Waals surface area contributed by atoms with Crippen LogP contribution in [0.15, 0.2) is 59.6 Å². The zero-order valence-electron chi connectivity index (χ0n) is 14.2. The van der Waals surface area contributed by atoms with Crippen LogP contribution in [0.25, 0.3) is 0 Å². The van der Waals surface area contributed by atoms with E-state index >= 15 is 0 Å². The van der Waals surface area contributed by atoms with Gasteiger partial charge in [0.25, 0.3) is 0 Å². The highest BCUT2D eigenvalue weighted by Crippen LogP contribution is 2.23. The molecule has 7 heteroatoms. The molecule has 0 heterocycles. The minimum Gasteiger partial charge on any atom is -0.457 e. The molecular formula is C18H24IN3O3. The Morgan fingerprint density at radius 1 is 1.00 bits per heavy atom. The summed E-state index contributed by atoms with van der Waals surface area (Å²) in [6.07, 6.45) is 0. The van der Waals surface area contributed by atoms with Crippen LogP contribution in [0, 0.1) is 0 Å². The molecule has 0 amide bonds. The van der Waals surface area contributed by atoms with Gasteiger partial charge in [-0.3, -0.25) is 4.99 Å². The Hall–Kier alpha value is -1.84. The minimum atomic E-state index is 0. The summed E-state index contributed by atoms with van der Waals surface area (Å²) in [7, 11) is 1.64. The molecule has 0 bridgehead atoms. The Labute approximate surface area is 165 Å². The van der Waals surface area contributed by atoms with Gasteiger partial charge in [-0.1, -0.05) is 24.3 Å². The number of nitrogens with zero attached hydrogens (tertiary/aromatic N) is 1. The Morgan fingerprint density at radius 2 is 1.76 bits per heavy atom. The normalized spacial score (nSPS) is 10.8. The van der Waals surface area contributed by atoms with Gasteiger partial charge in [-0.15, -0.1) is 24.0 Å². The second-order valence-electron chi connectivity index (χ2n) is 4.94. The van der Waals surface area contributed by atoms with Gasteiger partial charge < -0.3 is 25.3 Å². The molecule has 0 atom stereocenters. The Balaban J connectivity index is 0.00000312. The van der Waals surface area contributed by atoms with Crippen molar-refractivity contribution in [3.05, 3.63) is 54.6 Å². The number of anilines is 1. The summed E-state index contributed by atoms with van der Waals surface area (Å²) in [5, 5.41) is 3.04. The second kappa shape index (κ2) is 12.5. The van der Waals surface area contributed by atoms with Crippen molar-refractivity contribution in [2.45, 2.75) is 0 Å². The van der Waals surface area contributed by atoms with Crippen LogP contribution < -0.4 is 15.8 Å². The van der Waals surface area contributed by atoms with Gasteiger partial charge in [0.1, 0.15) is 11.5 Å². The monoisotopic (exact) mass is 457 g/mol. The number of methoxy groups -OCH3 is 1. The number of aliphatic imine (C=N–C) groups is 1. The zero-order chi connectivity index (χ0) is 17.0. The van der Waals surface area contributed by atoms with Crippen molar-refractivity contribution in [3.63, 3.8) is 0 Å². The molecule has 6 nitrogen and oxygen atoms in total. The fraction of sp³-hybridized carbons (Fsp3) is 0.278. The van der Waals surface area contributed by atoms with Crippen LogP contribution in [0.4, 0.5) is 5.69 Å². The molecule has 0 aliphatic heterocycles. The van der Waals surface area contributed by atoms with Gasteiger partial charge in [-0.05, 0) is 24.3 Å². The van der Waals surface area contributed by atoms with E-state index in [1.807, 2.05) is 54.6 Å². The average molecular weight is 457 g/mol. The average Bonchev–Trinajstić information content (AvgIpc) is 2.59. The Bertz CT molecular complexity index is 638. The summed E-state index contributed by atoms with van der Waals surface area (Å²) >= 11 is 0.